The number of hydrogen-bond acceptors (Lipinski definition) is 4. The van der Waals surface area contributed by atoms with Crippen LogP contribution in [0.2, 0.25) is 0 Å². The van der Waals surface area contributed by atoms with Gasteiger partial charge < -0.3 is 20.6 Å². The predicted octanol–water partition coefficient (Wildman–Crippen LogP) is -2.08. The number of rotatable bonds is 5. The molecule has 0 aromatic heterocycles. The summed E-state index contributed by atoms with van der Waals surface area (Å²) < 4.78 is 0. The van der Waals surface area contributed by atoms with Crippen LogP contribution in [0.15, 0.2) is 0 Å². The van der Waals surface area contributed by atoms with Gasteiger partial charge in [0.25, 0.3) is 0 Å². The molecule has 0 saturated heterocycles. The lowest BCUT2D eigenvalue weighted by atomic mass is 10.4. The highest BCUT2D eigenvalue weighted by Gasteiger charge is 1.97. The molecule has 0 spiro atoms. The van der Waals surface area contributed by atoms with E-state index >= 15 is 0 Å². The molecule has 0 rings (SSSR count). The highest BCUT2D eigenvalue weighted by Crippen LogP contribution is 1.74. The zero-order chi connectivity index (χ0) is 7.11. The zero-order valence-corrected chi connectivity index (χ0v) is 5.25. The fourth-order valence-corrected chi connectivity index (χ4v) is 0.412. The Morgan fingerprint density at radius 1 is 1.33 bits per heavy atom. The van der Waals surface area contributed by atoms with Crippen molar-refractivity contribution < 1.29 is 15.3 Å². The lowest BCUT2D eigenvalue weighted by molar-refractivity contribution is 0.0933. The van der Waals surface area contributed by atoms with Crippen LogP contribution in [0.25, 0.3) is 0 Å². The van der Waals surface area contributed by atoms with Gasteiger partial charge in [-0.1, -0.05) is 0 Å². The second-order valence-corrected chi connectivity index (χ2v) is 1.76. The SMILES string of the molecule is OCCNC[C@H](O)CO. The topological polar surface area (TPSA) is 72.7 Å². The van der Waals surface area contributed by atoms with Crippen LogP contribution in [0.3, 0.4) is 0 Å². The maximum Gasteiger partial charge on any atom is 0.0894 e. The van der Waals surface area contributed by atoms with Gasteiger partial charge in [-0.05, 0) is 0 Å². The van der Waals surface area contributed by atoms with Gasteiger partial charge in [-0.15, -0.1) is 0 Å². The minimum atomic E-state index is -0.712. The van der Waals surface area contributed by atoms with Crippen LogP contribution in [0, 0.1) is 0 Å². The average Bonchev–Trinajstić information content (AvgIpc) is 1.89. The fourth-order valence-electron chi connectivity index (χ4n) is 0.412. The summed E-state index contributed by atoms with van der Waals surface area (Å²) in [4.78, 5) is 0. The quantitative estimate of drug-likeness (QED) is 0.326. The Morgan fingerprint density at radius 2 is 2.00 bits per heavy atom. The van der Waals surface area contributed by atoms with E-state index in [1.807, 2.05) is 0 Å². The first-order chi connectivity index (χ1) is 4.31. The maximum atomic E-state index is 8.69. The lowest BCUT2D eigenvalue weighted by Crippen LogP contribution is -2.31. The van der Waals surface area contributed by atoms with E-state index in [1.165, 1.54) is 0 Å². The molecule has 0 aromatic rings. The van der Waals surface area contributed by atoms with Crippen molar-refractivity contribution in [2.75, 3.05) is 26.3 Å². The summed E-state index contributed by atoms with van der Waals surface area (Å²) in [5, 5.41) is 27.9. The van der Waals surface area contributed by atoms with E-state index in [0.717, 1.165) is 0 Å². The molecule has 0 aliphatic carbocycles. The van der Waals surface area contributed by atoms with Crippen molar-refractivity contribution in [1.82, 2.24) is 5.32 Å². The molecule has 1 atom stereocenters. The molecule has 56 valence electrons. The Bertz CT molecular complexity index is 60.2. The van der Waals surface area contributed by atoms with Crippen molar-refractivity contribution in [2.45, 2.75) is 6.10 Å². The Kier molecular flexibility index (Phi) is 5.86. The summed E-state index contributed by atoms with van der Waals surface area (Å²) in [6.45, 7) is 0.602. The van der Waals surface area contributed by atoms with Gasteiger partial charge in [0.05, 0.1) is 19.3 Å². The lowest BCUT2D eigenvalue weighted by Gasteiger charge is -2.06. The van der Waals surface area contributed by atoms with E-state index in [4.69, 9.17) is 15.3 Å². The molecule has 4 nitrogen and oxygen atoms in total. The van der Waals surface area contributed by atoms with Crippen LogP contribution in [0.4, 0.5) is 0 Å². The van der Waals surface area contributed by atoms with Crippen molar-refractivity contribution in [3.05, 3.63) is 0 Å². The minimum absolute atomic E-state index is 0.0537. The van der Waals surface area contributed by atoms with Gasteiger partial charge >= 0.3 is 0 Å². The molecule has 0 fully saturated rings. The van der Waals surface area contributed by atoms with Crippen molar-refractivity contribution in [3.63, 3.8) is 0 Å². The number of hydrogen-bond donors (Lipinski definition) is 4. The summed E-state index contributed by atoms with van der Waals surface area (Å²) in [5.74, 6) is 0. The fraction of sp³-hybridized carbons (Fsp3) is 1.00. The second kappa shape index (κ2) is 5.97. The van der Waals surface area contributed by atoms with Crippen molar-refractivity contribution in [3.8, 4) is 0 Å². The molecule has 0 unspecified atom stereocenters. The number of aliphatic hydroxyl groups excluding tert-OH is 3. The summed E-state index contributed by atoms with van der Waals surface area (Å²) >= 11 is 0. The molecular formula is C5H13NO3. The first kappa shape index (κ1) is 8.84. The van der Waals surface area contributed by atoms with E-state index in [2.05, 4.69) is 5.32 Å². The highest BCUT2D eigenvalue weighted by molar-refractivity contribution is 4.55. The number of aliphatic hydroxyl groups is 3. The number of nitrogens with one attached hydrogen (secondary N) is 1. The molecule has 0 radical (unpaired) electrons. The summed E-state index contributed by atoms with van der Waals surface area (Å²) in [5.41, 5.74) is 0. The van der Waals surface area contributed by atoms with Gasteiger partial charge in [0, 0.05) is 13.1 Å². The van der Waals surface area contributed by atoms with E-state index in [9.17, 15) is 0 Å². The predicted molar refractivity (Wildman–Crippen MR) is 33.0 cm³/mol. The monoisotopic (exact) mass is 135 g/mol. The smallest absolute Gasteiger partial charge is 0.0894 e. The van der Waals surface area contributed by atoms with Gasteiger partial charge in [-0.2, -0.15) is 0 Å². The molecule has 0 aliphatic heterocycles. The molecule has 0 aromatic carbocycles. The van der Waals surface area contributed by atoms with Gasteiger partial charge in [0.2, 0.25) is 0 Å². The Hall–Kier alpha value is -0.160. The van der Waals surface area contributed by atoms with Crippen molar-refractivity contribution in [2.24, 2.45) is 0 Å². The molecular weight excluding hydrogens is 122 g/mol. The average molecular weight is 135 g/mol. The first-order valence-corrected chi connectivity index (χ1v) is 2.91. The first-order valence-electron chi connectivity index (χ1n) is 2.91. The van der Waals surface area contributed by atoms with E-state index in [-0.39, 0.29) is 13.2 Å². The minimum Gasteiger partial charge on any atom is -0.395 e. The maximum absolute atomic E-state index is 8.69. The summed E-state index contributed by atoms with van der Waals surface area (Å²) in [6, 6.07) is 0. The standard InChI is InChI=1S/C5H13NO3/c7-2-1-6-3-5(9)4-8/h5-9H,1-4H2/t5-/m0/s1. The van der Waals surface area contributed by atoms with Gasteiger partial charge in [0.1, 0.15) is 0 Å². The zero-order valence-electron chi connectivity index (χ0n) is 5.25. The van der Waals surface area contributed by atoms with Crippen LogP contribution >= 0.6 is 0 Å². The van der Waals surface area contributed by atoms with Gasteiger partial charge in [-0.3, -0.25) is 0 Å². The molecule has 0 heterocycles. The van der Waals surface area contributed by atoms with Crippen LogP contribution in [0.1, 0.15) is 0 Å². The largest absolute Gasteiger partial charge is 0.395 e. The third-order valence-corrected chi connectivity index (χ3v) is 0.879. The van der Waals surface area contributed by atoms with Gasteiger partial charge in [0.15, 0.2) is 0 Å². The molecule has 0 aliphatic rings. The Labute approximate surface area is 54.1 Å². The molecule has 4 N–H and O–H groups in total. The van der Waals surface area contributed by atoms with Crippen LogP contribution in [0.5, 0.6) is 0 Å². The third-order valence-electron chi connectivity index (χ3n) is 0.879. The Balaban J connectivity index is 2.88. The Morgan fingerprint density at radius 3 is 2.44 bits per heavy atom. The molecule has 0 saturated carbocycles. The summed E-state index contributed by atoms with van der Waals surface area (Å²) in [7, 11) is 0. The van der Waals surface area contributed by atoms with E-state index in [0.29, 0.717) is 13.1 Å². The highest BCUT2D eigenvalue weighted by atomic mass is 16.3. The normalized spacial score (nSPS) is 13.7. The van der Waals surface area contributed by atoms with Crippen LogP contribution in [-0.4, -0.2) is 47.7 Å². The van der Waals surface area contributed by atoms with Crippen molar-refractivity contribution in [1.29, 1.82) is 0 Å². The van der Waals surface area contributed by atoms with E-state index in [1.54, 1.807) is 0 Å². The molecule has 0 bridgehead atoms. The van der Waals surface area contributed by atoms with Crippen molar-refractivity contribution >= 4 is 0 Å². The summed E-state index contributed by atoms with van der Waals surface area (Å²) in [6.07, 6.45) is -0.712. The molecule has 0 amide bonds. The molecule has 4 heteroatoms. The van der Waals surface area contributed by atoms with Crippen LogP contribution in [-0.2, 0) is 0 Å². The second-order valence-electron chi connectivity index (χ2n) is 1.76. The third kappa shape index (κ3) is 5.72. The van der Waals surface area contributed by atoms with E-state index < -0.39 is 6.10 Å². The molecule has 9 heavy (non-hydrogen) atoms. The van der Waals surface area contributed by atoms with Gasteiger partial charge in [-0.25, -0.2) is 0 Å². The van der Waals surface area contributed by atoms with Crippen LogP contribution < -0.4 is 5.32 Å².